The van der Waals surface area contributed by atoms with Crippen molar-refractivity contribution in [2.45, 2.75) is 56.5 Å². The molecule has 1 aromatic heterocycles. The Kier molecular flexibility index (Phi) is 4.13. The van der Waals surface area contributed by atoms with Crippen LogP contribution in [0.5, 0.6) is 0 Å². The van der Waals surface area contributed by atoms with Crippen molar-refractivity contribution in [2.24, 2.45) is 5.92 Å². The van der Waals surface area contributed by atoms with Gasteiger partial charge in [0, 0.05) is 11.4 Å². The second-order valence-electron chi connectivity index (χ2n) is 6.22. The van der Waals surface area contributed by atoms with Crippen LogP contribution >= 0.6 is 11.3 Å². The van der Waals surface area contributed by atoms with Gasteiger partial charge in [-0.25, -0.2) is 0 Å². The van der Waals surface area contributed by atoms with Crippen molar-refractivity contribution in [1.29, 1.82) is 0 Å². The second-order valence-corrected chi connectivity index (χ2v) is 7.16. The highest BCUT2D eigenvalue weighted by Gasteiger charge is 2.43. The van der Waals surface area contributed by atoms with E-state index in [2.05, 4.69) is 16.8 Å². The minimum Gasteiger partial charge on any atom is -0.393 e. The average molecular weight is 293 g/mol. The molecule has 0 spiro atoms. The lowest BCUT2D eigenvalue weighted by Crippen LogP contribution is -2.43. The normalized spacial score (nSPS) is 22.6. The molecule has 0 unspecified atom stereocenters. The number of rotatable bonds is 6. The molecule has 2 fully saturated rings. The zero-order valence-corrected chi connectivity index (χ0v) is 12.6. The van der Waals surface area contributed by atoms with E-state index in [1.165, 1.54) is 4.88 Å². The standard InChI is InChI=1S/C16H23NO2S/c18-13(12-5-6-12)7-10-17-15(19)16(8-1-2-9-16)14-4-3-11-20-14/h3-4,11-13,18H,1-2,5-10H2,(H,17,19)/t13-/m1/s1. The Morgan fingerprint density at radius 1 is 1.45 bits per heavy atom. The van der Waals surface area contributed by atoms with Gasteiger partial charge in [0.2, 0.25) is 5.91 Å². The van der Waals surface area contributed by atoms with Crippen molar-refractivity contribution in [3.8, 4) is 0 Å². The predicted octanol–water partition coefficient (Wildman–Crippen LogP) is 2.84. The molecule has 3 nitrogen and oxygen atoms in total. The summed E-state index contributed by atoms with van der Waals surface area (Å²) in [5.41, 5.74) is -0.293. The van der Waals surface area contributed by atoms with Gasteiger partial charge in [0.1, 0.15) is 0 Å². The van der Waals surface area contributed by atoms with E-state index >= 15 is 0 Å². The molecule has 2 saturated carbocycles. The van der Waals surface area contributed by atoms with Gasteiger partial charge < -0.3 is 10.4 Å². The third kappa shape index (κ3) is 2.77. The molecule has 0 saturated heterocycles. The summed E-state index contributed by atoms with van der Waals surface area (Å²) in [5.74, 6) is 0.657. The highest BCUT2D eigenvalue weighted by atomic mass is 32.1. The first kappa shape index (κ1) is 14.1. The van der Waals surface area contributed by atoms with Gasteiger partial charge in [-0.3, -0.25) is 4.79 Å². The smallest absolute Gasteiger partial charge is 0.231 e. The Morgan fingerprint density at radius 2 is 2.20 bits per heavy atom. The summed E-state index contributed by atoms with van der Waals surface area (Å²) in [6.07, 6.45) is 6.96. The van der Waals surface area contributed by atoms with E-state index in [-0.39, 0.29) is 17.4 Å². The second kappa shape index (κ2) is 5.86. The number of hydrogen-bond donors (Lipinski definition) is 2. The molecule has 2 N–H and O–H groups in total. The van der Waals surface area contributed by atoms with Crippen LogP contribution in [0.2, 0.25) is 0 Å². The molecular formula is C16H23NO2S. The van der Waals surface area contributed by atoms with Crippen molar-refractivity contribution in [3.63, 3.8) is 0 Å². The fourth-order valence-corrected chi connectivity index (χ4v) is 4.32. The van der Waals surface area contributed by atoms with Gasteiger partial charge in [-0.05, 0) is 49.5 Å². The molecule has 3 rings (SSSR count). The summed E-state index contributed by atoms with van der Waals surface area (Å²) in [6, 6.07) is 4.12. The summed E-state index contributed by atoms with van der Waals surface area (Å²) in [5, 5.41) is 15.0. The van der Waals surface area contributed by atoms with Gasteiger partial charge in [0.05, 0.1) is 11.5 Å². The van der Waals surface area contributed by atoms with Crippen molar-refractivity contribution >= 4 is 17.2 Å². The van der Waals surface area contributed by atoms with E-state index in [0.29, 0.717) is 18.9 Å². The first-order chi connectivity index (χ1) is 9.72. The molecule has 2 aliphatic carbocycles. The molecule has 20 heavy (non-hydrogen) atoms. The van der Waals surface area contributed by atoms with E-state index in [1.807, 2.05) is 6.07 Å². The van der Waals surface area contributed by atoms with Crippen LogP contribution in [-0.4, -0.2) is 23.7 Å². The topological polar surface area (TPSA) is 49.3 Å². The maximum absolute atomic E-state index is 12.6. The summed E-state index contributed by atoms with van der Waals surface area (Å²) >= 11 is 1.69. The Balaban J connectivity index is 1.58. The van der Waals surface area contributed by atoms with Crippen LogP contribution < -0.4 is 5.32 Å². The molecule has 1 heterocycles. The molecule has 110 valence electrons. The van der Waals surface area contributed by atoms with Gasteiger partial charge in [0.15, 0.2) is 0 Å². The molecule has 4 heteroatoms. The van der Waals surface area contributed by atoms with Gasteiger partial charge in [0.25, 0.3) is 0 Å². The number of carbonyl (C=O) groups is 1. The molecule has 0 radical (unpaired) electrons. The van der Waals surface area contributed by atoms with E-state index in [1.54, 1.807) is 11.3 Å². The maximum atomic E-state index is 12.6. The lowest BCUT2D eigenvalue weighted by molar-refractivity contribution is -0.126. The van der Waals surface area contributed by atoms with E-state index in [4.69, 9.17) is 0 Å². The number of thiophene rings is 1. The fourth-order valence-electron chi connectivity index (χ4n) is 3.33. The Morgan fingerprint density at radius 3 is 2.80 bits per heavy atom. The summed E-state index contributed by atoms with van der Waals surface area (Å²) in [7, 11) is 0. The number of aliphatic hydroxyl groups is 1. The number of nitrogens with one attached hydrogen (secondary N) is 1. The van der Waals surface area contributed by atoms with Crippen LogP contribution in [0.15, 0.2) is 17.5 Å². The molecular weight excluding hydrogens is 270 g/mol. The largest absolute Gasteiger partial charge is 0.393 e. The van der Waals surface area contributed by atoms with E-state index in [9.17, 15) is 9.90 Å². The Labute approximate surface area is 124 Å². The maximum Gasteiger partial charge on any atom is 0.231 e. The Bertz CT molecular complexity index is 447. The number of carbonyl (C=O) groups excluding carboxylic acids is 1. The fraction of sp³-hybridized carbons (Fsp3) is 0.688. The quantitative estimate of drug-likeness (QED) is 0.847. The minimum atomic E-state index is -0.293. The van der Waals surface area contributed by atoms with Crippen molar-refractivity contribution in [1.82, 2.24) is 5.32 Å². The number of amides is 1. The van der Waals surface area contributed by atoms with Crippen LogP contribution in [0.3, 0.4) is 0 Å². The first-order valence-corrected chi connectivity index (χ1v) is 8.61. The SMILES string of the molecule is O=C(NCC[C@@H](O)C1CC1)C1(c2cccs2)CCCC1. The van der Waals surface area contributed by atoms with Crippen LogP contribution in [0.1, 0.15) is 49.8 Å². The van der Waals surface area contributed by atoms with Crippen LogP contribution in [0.25, 0.3) is 0 Å². The summed E-state index contributed by atoms with van der Waals surface area (Å²) < 4.78 is 0. The average Bonchev–Trinajstić information content (AvgIpc) is 2.94. The first-order valence-electron chi connectivity index (χ1n) is 7.73. The molecule has 0 bridgehead atoms. The number of hydrogen-bond acceptors (Lipinski definition) is 3. The van der Waals surface area contributed by atoms with Crippen molar-refractivity contribution in [2.75, 3.05) is 6.54 Å². The van der Waals surface area contributed by atoms with Crippen LogP contribution in [-0.2, 0) is 10.2 Å². The van der Waals surface area contributed by atoms with E-state index < -0.39 is 0 Å². The zero-order valence-electron chi connectivity index (χ0n) is 11.8. The molecule has 1 atom stereocenters. The van der Waals surface area contributed by atoms with E-state index in [0.717, 1.165) is 38.5 Å². The third-order valence-electron chi connectivity index (χ3n) is 4.78. The van der Waals surface area contributed by atoms with Crippen LogP contribution in [0.4, 0.5) is 0 Å². The zero-order chi connectivity index (χ0) is 14.0. The Hall–Kier alpha value is -0.870. The third-order valence-corrected chi connectivity index (χ3v) is 5.85. The molecule has 2 aliphatic rings. The minimum absolute atomic E-state index is 0.167. The van der Waals surface area contributed by atoms with Gasteiger partial charge in [-0.1, -0.05) is 18.9 Å². The van der Waals surface area contributed by atoms with Crippen molar-refractivity contribution < 1.29 is 9.90 Å². The van der Waals surface area contributed by atoms with Gasteiger partial charge >= 0.3 is 0 Å². The summed E-state index contributed by atoms with van der Waals surface area (Å²) in [6.45, 7) is 0.601. The predicted molar refractivity (Wildman–Crippen MR) is 80.8 cm³/mol. The molecule has 0 aliphatic heterocycles. The monoisotopic (exact) mass is 293 g/mol. The lowest BCUT2D eigenvalue weighted by atomic mass is 9.83. The molecule has 1 amide bonds. The van der Waals surface area contributed by atoms with Crippen LogP contribution in [0, 0.1) is 5.92 Å². The lowest BCUT2D eigenvalue weighted by Gasteiger charge is -2.26. The highest BCUT2D eigenvalue weighted by Crippen LogP contribution is 2.43. The molecule has 1 aromatic rings. The summed E-state index contributed by atoms with van der Waals surface area (Å²) in [4.78, 5) is 13.9. The van der Waals surface area contributed by atoms with Gasteiger partial charge in [-0.2, -0.15) is 0 Å². The van der Waals surface area contributed by atoms with Crippen molar-refractivity contribution in [3.05, 3.63) is 22.4 Å². The van der Waals surface area contributed by atoms with Gasteiger partial charge in [-0.15, -0.1) is 11.3 Å². The molecule has 0 aromatic carbocycles. The highest BCUT2D eigenvalue weighted by molar-refractivity contribution is 7.10. The number of aliphatic hydroxyl groups excluding tert-OH is 1.